The Kier molecular flexibility index (Phi) is 4.69. The van der Waals surface area contributed by atoms with Gasteiger partial charge in [-0.1, -0.05) is 0 Å². The molecule has 2 rings (SSSR count). The number of nitrogens with one attached hydrogen (secondary N) is 1. The van der Waals surface area contributed by atoms with Gasteiger partial charge < -0.3 is 5.73 Å². The summed E-state index contributed by atoms with van der Waals surface area (Å²) in [6, 6.07) is 0. The fourth-order valence-electron chi connectivity index (χ4n) is 1.73. The summed E-state index contributed by atoms with van der Waals surface area (Å²) >= 11 is 2.90. The summed E-state index contributed by atoms with van der Waals surface area (Å²) in [6.07, 6.45) is 2.31. The number of aryl methyl sites for hydroxylation is 1. The lowest BCUT2D eigenvalue weighted by molar-refractivity contribution is 0.580. The van der Waals surface area contributed by atoms with Crippen LogP contribution in [0.15, 0.2) is 21.9 Å². The molecule has 0 radical (unpaired) electrons. The minimum atomic E-state index is -3.49. The van der Waals surface area contributed by atoms with Crippen LogP contribution in [0.2, 0.25) is 0 Å². The molecule has 3 N–H and O–H groups in total. The number of rotatable bonds is 6. The molecule has 0 aliphatic rings. The number of thiophene rings is 1. The molecule has 2 aromatic rings. The summed E-state index contributed by atoms with van der Waals surface area (Å²) in [4.78, 5) is 5.14. The van der Waals surface area contributed by atoms with Crippen molar-refractivity contribution in [3.8, 4) is 0 Å². The van der Waals surface area contributed by atoms with Crippen LogP contribution in [0.25, 0.3) is 0 Å². The van der Waals surface area contributed by atoms with E-state index in [0.717, 1.165) is 10.6 Å². The molecule has 0 aromatic carbocycles. The second-order valence-corrected chi connectivity index (χ2v) is 7.60. The van der Waals surface area contributed by atoms with E-state index in [2.05, 4.69) is 9.71 Å². The Morgan fingerprint density at radius 1 is 1.42 bits per heavy atom. The third kappa shape index (κ3) is 3.40. The second kappa shape index (κ2) is 6.10. The summed E-state index contributed by atoms with van der Waals surface area (Å²) < 4.78 is 27.1. The zero-order chi connectivity index (χ0) is 13.9. The van der Waals surface area contributed by atoms with Crippen LogP contribution in [0.1, 0.15) is 15.4 Å². The average molecular weight is 317 g/mol. The van der Waals surface area contributed by atoms with Crippen molar-refractivity contribution in [3.63, 3.8) is 0 Å². The number of thiazole rings is 1. The Hall–Kier alpha value is -0.800. The van der Waals surface area contributed by atoms with Gasteiger partial charge in [-0.3, -0.25) is 0 Å². The molecule has 0 amide bonds. The predicted molar refractivity (Wildman–Crippen MR) is 78.0 cm³/mol. The fraction of sp³-hybridized carbons (Fsp3) is 0.364. The van der Waals surface area contributed by atoms with Gasteiger partial charge in [0.25, 0.3) is 0 Å². The third-order valence-electron chi connectivity index (χ3n) is 2.56. The van der Waals surface area contributed by atoms with Crippen molar-refractivity contribution in [3.05, 3.63) is 32.4 Å². The normalized spacial score (nSPS) is 11.9. The van der Waals surface area contributed by atoms with E-state index in [9.17, 15) is 8.42 Å². The minimum absolute atomic E-state index is 0.237. The van der Waals surface area contributed by atoms with Gasteiger partial charge in [-0.25, -0.2) is 18.1 Å². The van der Waals surface area contributed by atoms with Gasteiger partial charge in [0, 0.05) is 36.0 Å². The van der Waals surface area contributed by atoms with Crippen LogP contribution in [0.5, 0.6) is 0 Å². The standard InChI is InChI=1S/C11H15N3O2S3/c1-8-7-18-9(6-12)11(8)19(15,16)14-3-2-10-13-4-5-17-10/h4-5,7,14H,2-3,6,12H2,1H3. The molecule has 0 saturated heterocycles. The smallest absolute Gasteiger partial charge is 0.241 e. The molecule has 5 nitrogen and oxygen atoms in total. The highest BCUT2D eigenvalue weighted by Gasteiger charge is 2.21. The summed E-state index contributed by atoms with van der Waals surface area (Å²) in [6.45, 7) is 2.36. The van der Waals surface area contributed by atoms with E-state index in [-0.39, 0.29) is 6.54 Å². The van der Waals surface area contributed by atoms with Crippen molar-refractivity contribution in [1.82, 2.24) is 9.71 Å². The fourth-order valence-corrected chi connectivity index (χ4v) is 5.08. The lowest BCUT2D eigenvalue weighted by Crippen LogP contribution is -2.27. The Morgan fingerprint density at radius 2 is 2.21 bits per heavy atom. The van der Waals surface area contributed by atoms with Gasteiger partial charge in [-0.2, -0.15) is 0 Å². The number of hydrogen-bond acceptors (Lipinski definition) is 6. The molecule has 2 aromatic heterocycles. The molecule has 8 heteroatoms. The van der Waals surface area contributed by atoms with Crippen molar-refractivity contribution in [2.45, 2.75) is 24.8 Å². The van der Waals surface area contributed by atoms with Crippen LogP contribution < -0.4 is 10.5 Å². The van der Waals surface area contributed by atoms with E-state index in [1.807, 2.05) is 10.8 Å². The largest absolute Gasteiger partial charge is 0.326 e. The van der Waals surface area contributed by atoms with Crippen molar-refractivity contribution >= 4 is 32.7 Å². The maximum absolute atomic E-state index is 12.2. The molecule has 0 aliphatic heterocycles. The van der Waals surface area contributed by atoms with E-state index >= 15 is 0 Å². The first-order chi connectivity index (χ1) is 9.04. The SMILES string of the molecule is Cc1csc(CN)c1S(=O)(=O)NCCc1nccs1. The molecular weight excluding hydrogens is 302 g/mol. The van der Waals surface area contributed by atoms with Crippen LogP contribution in [0, 0.1) is 6.92 Å². The molecule has 0 spiro atoms. The maximum Gasteiger partial charge on any atom is 0.241 e. The molecule has 0 bridgehead atoms. The summed E-state index contributed by atoms with van der Waals surface area (Å²) in [5.41, 5.74) is 6.32. The van der Waals surface area contributed by atoms with Crippen molar-refractivity contribution in [1.29, 1.82) is 0 Å². The van der Waals surface area contributed by atoms with Gasteiger partial charge in [0.15, 0.2) is 0 Å². The van der Waals surface area contributed by atoms with Crippen LogP contribution in [0.4, 0.5) is 0 Å². The monoisotopic (exact) mass is 317 g/mol. The Bertz CT molecular complexity index is 632. The molecule has 19 heavy (non-hydrogen) atoms. The van der Waals surface area contributed by atoms with Crippen molar-refractivity contribution in [2.75, 3.05) is 6.54 Å². The Labute approximate surface area is 120 Å². The van der Waals surface area contributed by atoms with Gasteiger partial charge in [0.05, 0.1) is 5.01 Å². The van der Waals surface area contributed by atoms with E-state index in [1.54, 1.807) is 13.1 Å². The minimum Gasteiger partial charge on any atom is -0.326 e. The molecule has 0 atom stereocenters. The highest BCUT2D eigenvalue weighted by molar-refractivity contribution is 7.89. The molecule has 0 fully saturated rings. The van der Waals surface area contributed by atoms with Gasteiger partial charge in [-0.15, -0.1) is 22.7 Å². The second-order valence-electron chi connectivity index (χ2n) is 3.95. The summed E-state index contributed by atoms with van der Waals surface area (Å²) in [5.74, 6) is 0. The highest BCUT2D eigenvalue weighted by Crippen LogP contribution is 2.26. The van der Waals surface area contributed by atoms with E-state index < -0.39 is 10.0 Å². The lowest BCUT2D eigenvalue weighted by Gasteiger charge is -2.07. The van der Waals surface area contributed by atoms with Crippen molar-refractivity contribution < 1.29 is 8.42 Å². The quantitative estimate of drug-likeness (QED) is 0.845. The van der Waals surface area contributed by atoms with E-state index in [0.29, 0.717) is 22.7 Å². The molecule has 0 aliphatic carbocycles. The topological polar surface area (TPSA) is 85.1 Å². The molecule has 0 saturated carbocycles. The number of hydrogen-bond donors (Lipinski definition) is 2. The highest BCUT2D eigenvalue weighted by atomic mass is 32.2. The zero-order valence-corrected chi connectivity index (χ0v) is 12.9. The number of aromatic nitrogens is 1. The first-order valence-electron chi connectivity index (χ1n) is 5.69. The van der Waals surface area contributed by atoms with Gasteiger partial charge in [-0.05, 0) is 17.9 Å². The molecule has 0 unspecified atom stereocenters. The van der Waals surface area contributed by atoms with E-state index in [1.165, 1.54) is 22.7 Å². The first kappa shape index (κ1) is 14.6. The molecular formula is C11H15N3O2S3. The maximum atomic E-state index is 12.2. The number of sulfonamides is 1. The van der Waals surface area contributed by atoms with Crippen LogP contribution in [-0.4, -0.2) is 19.9 Å². The molecule has 104 valence electrons. The molecule has 2 heterocycles. The van der Waals surface area contributed by atoms with Crippen LogP contribution in [0.3, 0.4) is 0 Å². The third-order valence-corrected chi connectivity index (χ3v) is 6.34. The van der Waals surface area contributed by atoms with Gasteiger partial charge in [0.1, 0.15) is 4.90 Å². The van der Waals surface area contributed by atoms with Gasteiger partial charge in [0.2, 0.25) is 10.0 Å². The van der Waals surface area contributed by atoms with Gasteiger partial charge >= 0.3 is 0 Å². The number of nitrogens with two attached hydrogens (primary N) is 1. The average Bonchev–Trinajstić information content (AvgIpc) is 2.98. The van der Waals surface area contributed by atoms with Crippen LogP contribution >= 0.6 is 22.7 Å². The summed E-state index contributed by atoms with van der Waals surface area (Å²) in [5, 5.41) is 4.61. The Balaban J connectivity index is 2.07. The lowest BCUT2D eigenvalue weighted by atomic mass is 10.3. The van der Waals surface area contributed by atoms with Crippen LogP contribution in [-0.2, 0) is 23.0 Å². The summed E-state index contributed by atoms with van der Waals surface area (Å²) in [7, 11) is -3.49. The zero-order valence-electron chi connectivity index (χ0n) is 10.4. The van der Waals surface area contributed by atoms with Crippen molar-refractivity contribution in [2.24, 2.45) is 5.73 Å². The predicted octanol–water partition coefficient (Wildman–Crippen LogP) is 1.49. The number of nitrogens with zero attached hydrogens (tertiary/aromatic N) is 1. The Morgan fingerprint density at radius 3 is 2.84 bits per heavy atom. The first-order valence-corrected chi connectivity index (χ1v) is 8.94. The van der Waals surface area contributed by atoms with E-state index in [4.69, 9.17) is 5.73 Å².